The first-order valence-electron chi connectivity index (χ1n) is 9.85. The van der Waals surface area contributed by atoms with Crippen LogP contribution < -0.4 is 25.4 Å². The van der Waals surface area contributed by atoms with Gasteiger partial charge in [-0.25, -0.2) is 0 Å². The molecule has 0 aliphatic rings. The minimum Gasteiger partial charge on any atom is -0.497 e. The third kappa shape index (κ3) is 6.80. The smallest absolute Gasteiger partial charge is 0.293 e. The lowest BCUT2D eigenvalue weighted by Gasteiger charge is -2.21. The first-order chi connectivity index (χ1) is 14.0. The molecule has 29 heavy (non-hydrogen) atoms. The van der Waals surface area contributed by atoms with E-state index in [2.05, 4.69) is 29.6 Å². The Balaban J connectivity index is 1.79. The zero-order chi connectivity index (χ0) is 21.2. The second kappa shape index (κ2) is 11.1. The number of methoxy groups -OCH3 is 1. The number of hydrogen-bond acceptors (Lipinski definition) is 4. The summed E-state index contributed by atoms with van der Waals surface area (Å²) in [7, 11) is 3.56. The molecule has 0 spiro atoms. The number of hydrogen-bond donors (Lipinski definition) is 3. The summed E-state index contributed by atoms with van der Waals surface area (Å²) in [4.78, 5) is 27.6. The number of rotatable bonds is 9. The quantitative estimate of drug-likeness (QED) is 0.551. The summed E-state index contributed by atoms with van der Waals surface area (Å²) in [5.41, 5.74) is 7.64. The highest BCUT2D eigenvalue weighted by Crippen LogP contribution is 2.14. The summed E-state index contributed by atoms with van der Waals surface area (Å²) >= 11 is 0. The number of likely N-dealkylation sites (N-methyl/N-ethyl adjacent to an activating group) is 1. The average molecular weight is 400 g/mol. The average Bonchev–Trinajstić information content (AvgIpc) is 2.74. The lowest BCUT2D eigenvalue weighted by atomic mass is 10.2. The number of nitrogens with zero attached hydrogens (tertiary/aromatic N) is 1. The second-order valence-corrected chi connectivity index (χ2v) is 6.88. The Morgan fingerprint density at radius 1 is 0.966 bits per heavy atom. The maximum atomic E-state index is 12.2. The molecular formula is C22H31N4O3+. The van der Waals surface area contributed by atoms with Gasteiger partial charge in [0.2, 0.25) is 0 Å². The van der Waals surface area contributed by atoms with Gasteiger partial charge in [-0.2, -0.15) is 0 Å². The lowest BCUT2D eigenvalue weighted by molar-refractivity contribution is -0.885. The number of carbonyl (C=O) groups is 2. The standard InChI is InChI=1S/C22H30N4O3/c1-5-26(6-2)19-11-9-18(10-12-19)22(28)24-23-21(27)16-25(3)15-17-7-13-20(29-4)14-8-17/h7-14H,5-6,15-16H2,1-4H3,(H,23,27)(H,24,28)/p+1. The normalized spacial score (nSPS) is 11.4. The van der Waals surface area contributed by atoms with Gasteiger partial charge < -0.3 is 14.5 Å². The van der Waals surface area contributed by atoms with E-state index in [-0.39, 0.29) is 18.4 Å². The van der Waals surface area contributed by atoms with Crippen molar-refractivity contribution in [1.29, 1.82) is 0 Å². The number of nitrogens with one attached hydrogen (secondary N) is 3. The molecule has 7 nitrogen and oxygen atoms in total. The lowest BCUT2D eigenvalue weighted by Crippen LogP contribution is -3.09. The van der Waals surface area contributed by atoms with E-state index in [9.17, 15) is 9.59 Å². The fraction of sp³-hybridized carbons (Fsp3) is 0.364. The molecule has 7 heteroatoms. The van der Waals surface area contributed by atoms with Gasteiger partial charge in [-0.1, -0.05) is 0 Å². The highest BCUT2D eigenvalue weighted by atomic mass is 16.5. The van der Waals surface area contributed by atoms with Crippen LogP contribution in [0.25, 0.3) is 0 Å². The number of benzene rings is 2. The van der Waals surface area contributed by atoms with Gasteiger partial charge in [0, 0.05) is 29.9 Å². The van der Waals surface area contributed by atoms with Crippen molar-refractivity contribution in [2.75, 3.05) is 38.7 Å². The number of amides is 2. The Bertz CT molecular complexity index is 787. The van der Waals surface area contributed by atoms with Crippen molar-refractivity contribution < 1.29 is 19.2 Å². The van der Waals surface area contributed by atoms with E-state index < -0.39 is 0 Å². The summed E-state index contributed by atoms with van der Waals surface area (Å²) in [6, 6.07) is 15.1. The summed E-state index contributed by atoms with van der Waals surface area (Å²) in [5, 5.41) is 0. The number of anilines is 1. The topological polar surface area (TPSA) is 75.1 Å². The molecule has 0 aliphatic heterocycles. The number of carbonyl (C=O) groups excluding carboxylic acids is 2. The minimum absolute atomic E-state index is 0.243. The van der Waals surface area contributed by atoms with E-state index in [1.54, 1.807) is 19.2 Å². The molecule has 0 aromatic heterocycles. The van der Waals surface area contributed by atoms with E-state index in [1.807, 2.05) is 43.4 Å². The summed E-state index contributed by atoms with van der Waals surface area (Å²) in [5.74, 6) is 0.221. The van der Waals surface area contributed by atoms with Crippen molar-refractivity contribution in [3.05, 3.63) is 59.7 Å². The van der Waals surface area contributed by atoms with Crippen LogP contribution in [0, 0.1) is 0 Å². The largest absolute Gasteiger partial charge is 0.497 e. The van der Waals surface area contributed by atoms with Crippen LogP contribution in [0.2, 0.25) is 0 Å². The number of ether oxygens (including phenoxy) is 1. The first-order valence-corrected chi connectivity index (χ1v) is 9.85. The molecule has 2 amide bonds. The fourth-order valence-corrected chi connectivity index (χ4v) is 3.08. The molecule has 0 aliphatic carbocycles. The third-order valence-corrected chi connectivity index (χ3v) is 4.70. The molecule has 1 atom stereocenters. The monoisotopic (exact) mass is 399 g/mol. The van der Waals surface area contributed by atoms with E-state index in [0.29, 0.717) is 12.1 Å². The van der Waals surface area contributed by atoms with Gasteiger partial charge in [-0.05, 0) is 62.4 Å². The molecule has 2 aromatic carbocycles. The summed E-state index contributed by atoms with van der Waals surface area (Å²) in [6.07, 6.45) is 0. The molecule has 156 valence electrons. The SMILES string of the molecule is CCN(CC)c1ccc(C(=O)NNC(=O)C[NH+](C)Cc2ccc(OC)cc2)cc1. The van der Waals surface area contributed by atoms with Crippen LogP contribution >= 0.6 is 0 Å². The van der Waals surface area contributed by atoms with Crippen LogP contribution in [0.1, 0.15) is 29.8 Å². The van der Waals surface area contributed by atoms with Gasteiger partial charge in [0.25, 0.3) is 11.8 Å². The molecule has 3 N–H and O–H groups in total. The van der Waals surface area contributed by atoms with Gasteiger partial charge in [-0.15, -0.1) is 0 Å². The van der Waals surface area contributed by atoms with Crippen molar-refractivity contribution in [2.24, 2.45) is 0 Å². The van der Waals surface area contributed by atoms with E-state index >= 15 is 0 Å². The first kappa shape index (κ1) is 22.2. The molecule has 0 heterocycles. The van der Waals surface area contributed by atoms with Crippen LogP contribution in [0.4, 0.5) is 5.69 Å². The van der Waals surface area contributed by atoms with Gasteiger partial charge >= 0.3 is 0 Å². The zero-order valence-electron chi connectivity index (χ0n) is 17.6. The summed E-state index contributed by atoms with van der Waals surface area (Å²) < 4.78 is 5.15. The van der Waals surface area contributed by atoms with Crippen LogP contribution in [-0.2, 0) is 11.3 Å². The number of quaternary nitrogens is 1. The predicted octanol–water partition coefficient (Wildman–Crippen LogP) is 1.02. The second-order valence-electron chi connectivity index (χ2n) is 6.88. The molecule has 2 rings (SSSR count). The van der Waals surface area contributed by atoms with Crippen molar-refractivity contribution in [1.82, 2.24) is 10.9 Å². The molecule has 0 bridgehead atoms. The van der Waals surface area contributed by atoms with Gasteiger partial charge in [0.1, 0.15) is 12.3 Å². The molecule has 0 saturated carbocycles. The van der Waals surface area contributed by atoms with E-state index in [1.165, 1.54) is 0 Å². The van der Waals surface area contributed by atoms with Crippen LogP contribution in [-0.4, -0.2) is 45.6 Å². The molecule has 2 aromatic rings. The Morgan fingerprint density at radius 3 is 2.14 bits per heavy atom. The minimum atomic E-state index is -0.336. The number of hydrazine groups is 1. The predicted molar refractivity (Wildman–Crippen MR) is 114 cm³/mol. The molecule has 0 saturated heterocycles. The van der Waals surface area contributed by atoms with Crippen molar-refractivity contribution in [3.8, 4) is 5.75 Å². The van der Waals surface area contributed by atoms with Crippen molar-refractivity contribution in [3.63, 3.8) is 0 Å². The van der Waals surface area contributed by atoms with Crippen molar-refractivity contribution >= 4 is 17.5 Å². The zero-order valence-corrected chi connectivity index (χ0v) is 17.6. The van der Waals surface area contributed by atoms with Crippen LogP contribution in [0.5, 0.6) is 5.75 Å². The molecule has 0 fully saturated rings. The molecule has 0 radical (unpaired) electrons. The maximum absolute atomic E-state index is 12.2. The van der Waals surface area contributed by atoms with Gasteiger partial charge in [0.15, 0.2) is 6.54 Å². The van der Waals surface area contributed by atoms with Gasteiger partial charge in [-0.3, -0.25) is 20.4 Å². The highest BCUT2D eigenvalue weighted by molar-refractivity contribution is 5.95. The Labute approximate surface area is 172 Å². The fourth-order valence-electron chi connectivity index (χ4n) is 3.08. The van der Waals surface area contributed by atoms with E-state index in [0.717, 1.165) is 35.0 Å². The Hall–Kier alpha value is -3.06. The van der Waals surface area contributed by atoms with Crippen molar-refractivity contribution in [2.45, 2.75) is 20.4 Å². The molecular weight excluding hydrogens is 368 g/mol. The maximum Gasteiger partial charge on any atom is 0.293 e. The third-order valence-electron chi connectivity index (χ3n) is 4.70. The Morgan fingerprint density at radius 2 is 1.59 bits per heavy atom. The Kier molecular flexibility index (Phi) is 8.48. The highest BCUT2D eigenvalue weighted by Gasteiger charge is 2.13. The van der Waals surface area contributed by atoms with Crippen LogP contribution in [0.15, 0.2) is 48.5 Å². The molecule has 1 unspecified atom stereocenters. The van der Waals surface area contributed by atoms with E-state index in [4.69, 9.17) is 4.74 Å². The van der Waals surface area contributed by atoms with Gasteiger partial charge in [0.05, 0.1) is 14.2 Å². The summed E-state index contributed by atoms with van der Waals surface area (Å²) in [6.45, 7) is 6.93. The van der Waals surface area contributed by atoms with Crippen LogP contribution in [0.3, 0.4) is 0 Å².